The number of hydrogen-bond donors (Lipinski definition) is 1. The van der Waals surface area contributed by atoms with Gasteiger partial charge in [-0.25, -0.2) is 4.98 Å². The van der Waals surface area contributed by atoms with E-state index in [2.05, 4.69) is 25.8 Å². The molecule has 1 N–H and O–H groups in total. The number of rotatable bonds is 5. The zero-order valence-corrected chi connectivity index (χ0v) is 18.6. The van der Waals surface area contributed by atoms with E-state index in [9.17, 15) is 18.0 Å². The van der Waals surface area contributed by atoms with Gasteiger partial charge in [0.15, 0.2) is 4.96 Å². The van der Waals surface area contributed by atoms with Crippen molar-refractivity contribution in [2.75, 3.05) is 13.1 Å². The van der Waals surface area contributed by atoms with Gasteiger partial charge in [-0.3, -0.25) is 14.1 Å². The molecule has 3 aromatic rings. The minimum Gasteiger partial charge on any atom is -0.352 e. The van der Waals surface area contributed by atoms with Gasteiger partial charge in [0.2, 0.25) is 5.91 Å². The number of aromatic nitrogens is 2. The Labute approximate surface area is 188 Å². The van der Waals surface area contributed by atoms with E-state index in [4.69, 9.17) is 0 Å². The minimum absolute atomic E-state index is 0.0317. The summed E-state index contributed by atoms with van der Waals surface area (Å²) in [6.07, 6.45) is 0.500. The van der Waals surface area contributed by atoms with Crippen LogP contribution in [0.1, 0.15) is 41.8 Å². The second kappa shape index (κ2) is 7.88. The number of hydrogen-bond acceptors (Lipinski definition) is 4. The predicted octanol–water partition coefficient (Wildman–Crippen LogP) is 4.64. The number of alkyl halides is 3. The van der Waals surface area contributed by atoms with Crippen LogP contribution < -0.4 is 5.32 Å². The van der Waals surface area contributed by atoms with Crippen molar-refractivity contribution in [1.29, 1.82) is 0 Å². The smallest absolute Gasteiger partial charge is 0.352 e. The highest BCUT2D eigenvalue weighted by molar-refractivity contribution is 7.15. The number of carbonyl (C=O) groups is 1. The number of aryl methyl sites for hydroxylation is 1. The summed E-state index contributed by atoms with van der Waals surface area (Å²) in [7, 11) is 0. The van der Waals surface area contributed by atoms with Gasteiger partial charge in [0.25, 0.3) is 0 Å². The summed E-state index contributed by atoms with van der Waals surface area (Å²) in [5, 5.41) is 4.90. The number of amides is 1. The zero-order valence-electron chi connectivity index (χ0n) is 17.8. The molecule has 1 saturated carbocycles. The van der Waals surface area contributed by atoms with Crippen molar-refractivity contribution in [1.82, 2.24) is 19.6 Å². The Morgan fingerprint density at radius 3 is 2.84 bits per heavy atom. The van der Waals surface area contributed by atoms with E-state index >= 15 is 0 Å². The Kier molecular flexibility index (Phi) is 5.28. The monoisotopic (exact) mass is 462 g/mol. The number of imidazole rings is 1. The number of thiazole rings is 1. The first-order valence-electron chi connectivity index (χ1n) is 10.8. The third kappa shape index (κ3) is 4.03. The van der Waals surface area contributed by atoms with E-state index in [0.717, 1.165) is 61.7 Å². The molecule has 1 amide bonds. The van der Waals surface area contributed by atoms with Crippen molar-refractivity contribution in [2.45, 2.75) is 45.5 Å². The lowest BCUT2D eigenvalue weighted by Gasteiger charge is -2.32. The van der Waals surface area contributed by atoms with Crippen molar-refractivity contribution < 1.29 is 18.0 Å². The predicted molar refractivity (Wildman–Crippen MR) is 116 cm³/mol. The lowest BCUT2D eigenvalue weighted by molar-refractivity contribution is -0.137. The Bertz CT molecular complexity index is 1140. The number of fused-ring (bicyclic) bond motifs is 1. The first kappa shape index (κ1) is 21.5. The third-order valence-corrected chi connectivity index (χ3v) is 7.77. The quantitative estimate of drug-likeness (QED) is 0.601. The molecular formula is C23H25F3N4OS. The fourth-order valence-corrected chi connectivity index (χ4v) is 5.72. The molecular weight excluding hydrogens is 437 g/mol. The van der Waals surface area contributed by atoms with Crippen molar-refractivity contribution in [3.63, 3.8) is 0 Å². The maximum atomic E-state index is 12.9. The molecule has 9 heteroatoms. The second-order valence-electron chi connectivity index (χ2n) is 9.01. The Hall–Kier alpha value is -2.39. The van der Waals surface area contributed by atoms with Crippen LogP contribution in [0.3, 0.4) is 0 Å². The number of benzene rings is 1. The highest BCUT2D eigenvalue weighted by Crippen LogP contribution is 2.59. The van der Waals surface area contributed by atoms with E-state index in [0.29, 0.717) is 5.56 Å². The second-order valence-corrected chi connectivity index (χ2v) is 9.88. The van der Waals surface area contributed by atoms with Crippen molar-refractivity contribution in [3.05, 3.63) is 58.4 Å². The lowest BCUT2D eigenvalue weighted by Crippen LogP contribution is -2.37. The van der Waals surface area contributed by atoms with Crippen LogP contribution in [-0.2, 0) is 24.1 Å². The number of halogens is 3. The highest BCUT2D eigenvalue weighted by Gasteiger charge is 2.58. The zero-order chi connectivity index (χ0) is 22.5. The van der Waals surface area contributed by atoms with E-state index in [1.54, 1.807) is 17.4 Å². The van der Waals surface area contributed by atoms with E-state index in [1.165, 1.54) is 11.8 Å². The van der Waals surface area contributed by atoms with Gasteiger partial charge in [-0.1, -0.05) is 12.1 Å². The van der Waals surface area contributed by atoms with Gasteiger partial charge in [0.1, 0.15) is 0 Å². The van der Waals surface area contributed by atoms with Crippen molar-refractivity contribution >= 4 is 22.2 Å². The average Bonchev–Trinajstić information content (AvgIpc) is 3.11. The Morgan fingerprint density at radius 2 is 2.09 bits per heavy atom. The summed E-state index contributed by atoms with van der Waals surface area (Å²) < 4.78 is 40.8. The van der Waals surface area contributed by atoms with Crippen molar-refractivity contribution in [3.8, 4) is 0 Å². The highest BCUT2D eigenvalue weighted by atomic mass is 32.1. The van der Waals surface area contributed by atoms with Gasteiger partial charge < -0.3 is 5.32 Å². The normalized spacial score (nSPS) is 20.7. The van der Waals surface area contributed by atoms with E-state index in [1.807, 2.05) is 12.3 Å². The topological polar surface area (TPSA) is 49.6 Å². The van der Waals surface area contributed by atoms with Crippen LogP contribution in [0, 0.1) is 18.3 Å². The number of nitrogens with zero attached hydrogens (tertiary/aromatic N) is 3. The van der Waals surface area contributed by atoms with Gasteiger partial charge in [0.05, 0.1) is 17.0 Å². The molecule has 5 rings (SSSR count). The first-order valence-corrected chi connectivity index (χ1v) is 11.7. The van der Waals surface area contributed by atoms with E-state index < -0.39 is 11.7 Å². The number of carbonyl (C=O) groups excluding carboxylic acids is 1. The summed E-state index contributed by atoms with van der Waals surface area (Å²) in [6, 6.07) is 5.14. The summed E-state index contributed by atoms with van der Waals surface area (Å²) in [6.45, 7) is 4.90. The SMILES string of the molecule is Cc1nc2sccn2c1CN1CCC2(CC1)CC2C(=O)NCc1cccc(C(F)(F)F)c1. The summed E-state index contributed by atoms with van der Waals surface area (Å²) in [5.74, 6) is -0.0711. The van der Waals surface area contributed by atoms with Crippen LogP contribution in [0.5, 0.6) is 0 Å². The molecule has 170 valence electrons. The number of likely N-dealkylation sites (tertiary alicyclic amines) is 1. The molecule has 1 atom stereocenters. The lowest BCUT2D eigenvalue weighted by atomic mass is 9.90. The molecule has 5 nitrogen and oxygen atoms in total. The fourth-order valence-electron chi connectivity index (χ4n) is 4.94. The molecule has 2 aliphatic rings. The molecule has 0 bridgehead atoms. The molecule has 2 aromatic heterocycles. The molecule has 2 fully saturated rings. The van der Waals surface area contributed by atoms with Gasteiger partial charge in [-0.15, -0.1) is 11.3 Å². The van der Waals surface area contributed by atoms with Crippen LogP contribution in [0.4, 0.5) is 13.2 Å². The molecule has 1 aliphatic heterocycles. The number of nitrogens with one attached hydrogen (secondary N) is 1. The van der Waals surface area contributed by atoms with Gasteiger partial charge in [-0.2, -0.15) is 13.2 Å². The standard InChI is InChI=1S/C23H25F3N4OS/c1-15-19(30-9-10-32-21(30)28-15)14-29-7-5-22(6-8-29)12-18(22)20(31)27-13-16-3-2-4-17(11-16)23(24,25)26/h2-4,9-11,18H,5-8,12-14H2,1H3,(H,27,31). The molecule has 32 heavy (non-hydrogen) atoms. The molecule has 1 aliphatic carbocycles. The molecule has 3 heterocycles. The van der Waals surface area contributed by atoms with Gasteiger partial charge >= 0.3 is 6.18 Å². The van der Waals surface area contributed by atoms with Crippen LogP contribution in [0.15, 0.2) is 35.8 Å². The Balaban J connectivity index is 1.14. The fraction of sp³-hybridized carbons (Fsp3) is 0.478. The molecule has 1 aromatic carbocycles. The van der Waals surface area contributed by atoms with E-state index in [-0.39, 0.29) is 23.8 Å². The third-order valence-electron chi connectivity index (χ3n) is 7.01. The van der Waals surface area contributed by atoms with Gasteiger partial charge in [-0.05, 0) is 62.4 Å². The minimum atomic E-state index is -4.38. The first-order chi connectivity index (χ1) is 15.2. The summed E-state index contributed by atoms with van der Waals surface area (Å²) >= 11 is 1.64. The van der Waals surface area contributed by atoms with Crippen LogP contribution >= 0.6 is 11.3 Å². The van der Waals surface area contributed by atoms with Gasteiger partial charge in [0, 0.05) is 30.6 Å². The van der Waals surface area contributed by atoms with Crippen LogP contribution in [0.25, 0.3) is 4.96 Å². The molecule has 1 spiro atoms. The molecule has 0 radical (unpaired) electrons. The summed E-state index contributed by atoms with van der Waals surface area (Å²) in [5.41, 5.74) is 2.12. The largest absolute Gasteiger partial charge is 0.416 e. The average molecular weight is 463 g/mol. The molecule has 1 saturated heterocycles. The van der Waals surface area contributed by atoms with Crippen LogP contribution in [0.2, 0.25) is 0 Å². The summed E-state index contributed by atoms with van der Waals surface area (Å²) in [4.78, 5) is 20.7. The maximum Gasteiger partial charge on any atom is 0.416 e. The van der Waals surface area contributed by atoms with Crippen LogP contribution in [-0.4, -0.2) is 33.3 Å². The number of piperidine rings is 1. The molecule has 1 unspecified atom stereocenters. The maximum absolute atomic E-state index is 12.9. The van der Waals surface area contributed by atoms with Crippen molar-refractivity contribution in [2.24, 2.45) is 11.3 Å². The Morgan fingerprint density at radius 1 is 1.31 bits per heavy atom.